The maximum Gasteiger partial charge on any atom is 0.350 e. The van der Waals surface area contributed by atoms with Crippen LogP contribution in [0.4, 0.5) is 4.79 Å². The van der Waals surface area contributed by atoms with Crippen LogP contribution in [-0.2, 0) is 20.9 Å². The molecule has 0 spiro atoms. The molecule has 0 bridgehead atoms. The number of rotatable bonds is 7. The molecule has 4 rings (SSSR count). The van der Waals surface area contributed by atoms with Crippen LogP contribution in [0.25, 0.3) is 5.69 Å². The third-order valence-electron chi connectivity index (χ3n) is 4.45. The van der Waals surface area contributed by atoms with E-state index < -0.39 is 28.7 Å². The zero-order valence-electron chi connectivity index (χ0n) is 17.8. The van der Waals surface area contributed by atoms with Gasteiger partial charge in [0, 0.05) is 6.08 Å². The van der Waals surface area contributed by atoms with Crippen LogP contribution in [0.1, 0.15) is 5.56 Å². The molecule has 176 valence electrons. The van der Waals surface area contributed by atoms with Gasteiger partial charge in [-0.25, -0.2) is 24.3 Å². The van der Waals surface area contributed by atoms with Crippen LogP contribution in [0.15, 0.2) is 81.8 Å². The van der Waals surface area contributed by atoms with Gasteiger partial charge in [0.25, 0.3) is 17.1 Å². The summed E-state index contributed by atoms with van der Waals surface area (Å²) >= 11 is 0.612. The Morgan fingerprint density at radius 1 is 1.09 bits per heavy atom. The monoisotopic (exact) mass is 492 g/mol. The average Bonchev–Trinajstić information content (AvgIpc) is 3.35. The van der Waals surface area contributed by atoms with E-state index in [-0.39, 0.29) is 17.2 Å². The summed E-state index contributed by atoms with van der Waals surface area (Å²) in [6.45, 7) is -0.317. The maximum atomic E-state index is 12.4. The second-order valence-corrected chi connectivity index (χ2v) is 7.93. The van der Waals surface area contributed by atoms with Crippen molar-refractivity contribution < 1.29 is 23.9 Å². The molecule has 0 aliphatic carbocycles. The lowest BCUT2D eigenvalue weighted by molar-refractivity contribution is -0.129. The summed E-state index contributed by atoms with van der Waals surface area (Å²) in [5, 5.41) is 9.26. The minimum absolute atomic E-state index is 0.0476. The van der Waals surface area contributed by atoms with Crippen LogP contribution in [0.5, 0.6) is 5.75 Å². The molecule has 0 atom stereocenters. The van der Waals surface area contributed by atoms with E-state index in [0.717, 1.165) is 10.8 Å². The number of para-hydroxylation sites is 1. The molecule has 1 saturated heterocycles. The Kier molecular flexibility index (Phi) is 6.97. The first-order valence-electron chi connectivity index (χ1n) is 9.97. The first-order valence-corrected chi connectivity index (χ1v) is 10.8. The fourth-order valence-corrected chi connectivity index (χ4v) is 3.50. The lowest BCUT2D eigenvalue weighted by atomic mass is 10.2. The second kappa shape index (κ2) is 10.4. The van der Waals surface area contributed by atoms with Gasteiger partial charge in [0.05, 0.1) is 16.8 Å². The lowest BCUT2D eigenvalue weighted by Crippen LogP contribution is -2.31. The molecule has 2 N–H and O–H groups in total. The minimum Gasteiger partial charge on any atom is -0.423 e. The van der Waals surface area contributed by atoms with Crippen LogP contribution in [-0.4, -0.2) is 43.6 Å². The highest BCUT2D eigenvalue weighted by atomic mass is 32.2. The molecule has 35 heavy (non-hydrogen) atoms. The standard InChI is InChI=1S/C22H16N6O6S/c29-18(12-28-22(33)27(13-24-28)15-4-2-1-3-5-15)26-23-11-14-6-8-16(9-7-14)34-19(30)10-17-20(31)25-21(32)35-17/h1-11,13H,12H2,(H,26,29)(H,25,31,32)/b17-10+,23-11+. The van der Waals surface area contributed by atoms with Gasteiger partial charge in [-0.2, -0.15) is 10.2 Å². The quantitative estimate of drug-likeness (QED) is 0.163. The molecule has 1 aromatic heterocycles. The predicted molar refractivity (Wildman–Crippen MR) is 125 cm³/mol. The minimum atomic E-state index is -0.809. The highest BCUT2D eigenvalue weighted by Gasteiger charge is 2.26. The number of carbonyl (C=O) groups is 4. The number of nitrogens with zero attached hydrogens (tertiary/aromatic N) is 4. The lowest BCUT2D eigenvalue weighted by Gasteiger charge is -2.02. The molecule has 1 aliphatic heterocycles. The number of esters is 1. The molecule has 0 radical (unpaired) electrons. The summed E-state index contributed by atoms with van der Waals surface area (Å²) in [7, 11) is 0. The number of imide groups is 1. The Bertz CT molecular complexity index is 1410. The Labute approximate surface area is 201 Å². The topological polar surface area (TPSA) is 154 Å². The van der Waals surface area contributed by atoms with Crippen molar-refractivity contribution >= 4 is 41.0 Å². The largest absolute Gasteiger partial charge is 0.423 e. The van der Waals surface area contributed by atoms with Crippen LogP contribution >= 0.6 is 11.8 Å². The first-order chi connectivity index (χ1) is 16.9. The van der Waals surface area contributed by atoms with Gasteiger partial charge in [-0.15, -0.1) is 0 Å². The van der Waals surface area contributed by atoms with Gasteiger partial charge < -0.3 is 4.74 Å². The van der Waals surface area contributed by atoms with E-state index in [0.29, 0.717) is 23.0 Å². The van der Waals surface area contributed by atoms with Crippen molar-refractivity contribution in [1.29, 1.82) is 0 Å². The Morgan fingerprint density at radius 3 is 2.51 bits per heavy atom. The number of ether oxygens (including phenoxy) is 1. The van der Waals surface area contributed by atoms with Gasteiger partial charge in [-0.05, 0) is 53.7 Å². The van der Waals surface area contributed by atoms with Crippen LogP contribution in [0, 0.1) is 0 Å². The summed E-state index contributed by atoms with van der Waals surface area (Å²) < 4.78 is 7.43. The van der Waals surface area contributed by atoms with Crippen molar-refractivity contribution in [2.45, 2.75) is 6.54 Å². The number of benzene rings is 2. The van der Waals surface area contributed by atoms with Crippen LogP contribution in [0.3, 0.4) is 0 Å². The molecule has 1 aliphatic rings. The summed E-state index contributed by atoms with van der Waals surface area (Å²) in [5.41, 5.74) is 3.07. The molecular weight excluding hydrogens is 476 g/mol. The van der Waals surface area contributed by atoms with Gasteiger partial charge in [0.1, 0.15) is 18.6 Å². The molecule has 3 aromatic rings. The third kappa shape index (κ3) is 5.97. The van der Waals surface area contributed by atoms with E-state index in [4.69, 9.17) is 4.74 Å². The Morgan fingerprint density at radius 2 is 1.83 bits per heavy atom. The maximum absolute atomic E-state index is 12.4. The fraction of sp³-hybridized carbons (Fsp3) is 0.0455. The highest BCUT2D eigenvalue weighted by Crippen LogP contribution is 2.23. The van der Waals surface area contributed by atoms with E-state index in [9.17, 15) is 24.0 Å². The van der Waals surface area contributed by atoms with E-state index in [2.05, 4.69) is 15.6 Å². The second-order valence-electron chi connectivity index (χ2n) is 6.91. The zero-order valence-corrected chi connectivity index (χ0v) is 18.6. The normalized spacial score (nSPS) is 14.3. The molecule has 0 unspecified atom stereocenters. The highest BCUT2D eigenvalue weighted by molar-refractivity contribution is 8.18. The Balaban J connectivity index is 1.29. The van der Waals surface area contributed by atoms with Gasteiger partial charge in [0.2, 0.25) is 0 Å². The Hall–Kier alpha value is -4.78. The van der Waals surface area contributed by atoms with Crippen molar-refractivity contribution in [2.24, 2.45) is 5.10 Å². The number of hydrazone groups is 1. The molecule has 13 heteroatoms. The van der Waals surface area contributed by atoms with E-state index >= 15 is 0 Å². The van der Waals surface area contributed by atoms with Crippen molar-refractivity contribution in [3.05, 3.63) is 88.0 Å². The smallest absolute Gasteiger partial charge is 0.350 e. The molecular formula is C22H16N6O6S. The number of hydrogen-bond acceptors (Lipinski definition) is 9. The fourth-order valence-electron chi connectivity index (χ4n) is 2.86. The van der Waals surface area contributed by atoms with Gasteiger partial charge in [0.15, 0.2) is 0 Å². The molecule has 1 fully saturated rings. The van der Waals surface area contributed by atoms with Crippen LogP contribution < -0.4 is 21.2 Å². The van der Waals surface area contributed by atoms with Crippen molar-refractivity contribution in [3.63, 3.8) is 0 Å². The summed E-state index contributed by atoms with van der Waals surface area (Å²) in [5.74, 6) is -1.81. The number of carbonyl (C=O) groups excluding carboxylic acids is 4. The molecule has 0 saturated carbocycles. The first kappa shape index (κ1) is 23.4. The van der Waals surface area contributed by atoms with Crippen LogP contribution in [0.2, 0.25) is 0 Å². The number of nitrogens with one attached hydrogen (secondary N) is 2. The average molecular weight is 492 g/mol. The van der Waals surface area contributed by atoms with E-state index in [1.165, 1.54) is 29.2 Å². The van der Waals surface area contributed by atoms with Crippen molar-refractivity contribution in [1.82, 2.24) is 25.1 Å². The molecule has 12 nitrogen and oxygen atoms in total. The summed E-state index contributed by atoms with van der Waals surface area (Å²) in [4.78, 5) is 58.9. The van der Waals surface area contributed by atoms with E-state index in [1.807, 2.05) is 11.4 Å². The van der Waals surface area contributed by atoms with Crippen molar-refractivity contribution in [2.75, 3.05) is 0 Å². The third-order valence-corrected chi connectivity index (χ3v) is 5.26. The molecule has 2 heterocycles. The van der Waals surface area contributed by atoms with E-state index in [1.54, 1.807) is 36.4 Å². The summed E-state index contributed by atoms with van der Waals surface area (Å²) in [6, 6.07) is 15.0. The van der Waals surface area contributed by atoms with Gasteiger partial charge >= 0.3 is 11.7 Å². The number of aromatic nitrogens is 3. The van der Waals surface area contributed by atoms with Gasteiger partial charge in [-0.1, -0.05) is 18.2 Å². The zero-order chi connectivity index (χ0) is 24.8. The molecule has 3 amide bonds. The van der Waals surface area contributed by atoms with Crippen molar-refractivity contribution in [3.8, 4) is 11.4 Å². The predicted octanol–water partition coefficient (Wildman–Crippen LogP) is 0.957. The number of amides is 3. The summed E-state index contributed by atoms with van der Waals surface area (Å²) in [6.07, 6.45) is 3.63. The number of thioether (sulfide) groups is 1. The molecule has 2 aromatic carbocycles. The number of hydrogen-bond donors (Lipinski definition) is 2. The van der Waals surface area contributed by atoms with Gasteiger partial charge in [-0.3, -0.25) is 19.7 Å². The SMILES string of the molecule is O=C(Cn1ncn(-c2ccccc2)c1=O)N/N=C/c1ccc(OC(=O)/C=C2/SC(=O)NC2=O)cc1.